The van der Waals surface area contributed by atoms with Gasteiger partial charge in [-0.1, -0.05) is 37.8 Å². The first-order valence-corrected chi connectivity index (χ1v) is 8.03. The second kappa shape index (κ2) is 7.79. The number of aliphatic hydroxyl groups is 1. The number of halogens is 1. The molecule has 1 fully saturated rings. The van der Waals surface area contributed by atoms with Gasteiger partial charge in [-0.2, -0.15) is 0 Å². The van der Waals surface area contributed by atoms with E-state index in [9.17, 15) is 5.11 Å². The SMILES string of the molecule is CCCc1nc(Cl)cc(N(CCO)C2CCCCC2)n1. The van der Waals surface area contributed by atoms with Gasteiger partial charge in [0, 0.05) is 25.1 Å². The van der Waals surface area contributed by atoms with Gasteiger partial charge < -0.3 is 10.0 Å². The average molecular weight is 298 g/mol. The number of aryl methyl sites for hydroxylation is 1. The second-order valence-corrected chi connectivity index (χ2v) is 5.81. The van der Waals surface area contributed by atoms with Gasteiger partial charge in [0.2, 0.25) is 0 Å². The van der Waals surface area contributed by atoms with Gasteiger partial charge >= 0.3 is 0 Å². The Morgan fingerprint density at radius 3 is 2.70 bits per heavy atom. The van der Waals surface area contributed by atoms with Crippen molar-refractivity contribution in [2.75, 3.05) is 18.1 Å². The van der Waals surface area contributed by atoms with Crippen molar-refractivity contribution in [3.8, 4) is 0 Å². The van der Waals surface area contributed by atoms with Crippen LogP contribution in [0.3, 0.4) is 0 Å². The Labute approximate surface area is 126 Å². The molecule has 0 saturated heterocycles. The first kappa shape index (κ1) is 15.5. The van der Waals surface area contributed by atoms with Crippen LogP contribution >= 0.6 is 11.6 Å². The van der Waals surface area contributed by atoms with Crippen LogP contribution in [0, 0.1) is 0 Å². The number of aliphatic hydroxyl groups excluding tert-OH is 1. The molecule has 4 nitrogen and oxygen atoms in total. The number of hydrogen-bond donors (Lipinski definition) is 1. The summed E-state index contributed by atoms with van der Waals surface area (Å²) in [6.45, 7) is 2.86. The summed E-state index contributed by atoms with van der Waals surface area (Å²) in [5, 5.41) is 9.85. The third-order valence-electron chi connectivity index (χ3n) is 3.85. The van der Waals surface area contributed by atoms with E-state index in [0.29, 0.717) is 17.7 Å². The molecule has 0 amide bonds. The molecule has 20 heavy (non-hydrogen) atoms. The highest BCUT2D eigenvalue weighted by Crippen LogP contribution is 2.27. The fourth-order valence-corrected chi connectivity index (χ4v) is 3.11. The van der Waals surface area contributed by atoms with Crippen LogP contribution in [0.5, 0.6) is 0 Å². The van der Waals surface area contributed by atoms with E-state index in [0.717, 1.165) is 24.5 Å². The largest absolute Gasteiger partial charge is 0.395 e. The molecular formula is C15H24ClN3O. The molecule has 1 heterocycles. The lowest BCUT2D eigenvalue weighted by Gasteiger charge is -2.35. The first-order chi connectivity index (χ1) is 9.74. The Balaban J connectivity index is 2.22. The van der Waals surface area contributed by atoms with Crippen LogP contribution in [0.1, 0.15) is 51.3 Å². The fraction of sp³-hybridized carbons (Fsp3) is 0.733. The zero-order chi connectivity index (χ0) is 14.4. The van der Waals surface area contributed by atoms with E-state index < -0.39 is 0 Å². The molecule has 1 aliphatic rings. The lowest BCUT2D eigenvalue weighted by Crippen LogP contribution is -2.39. The molecule has 5 heteroatoms. The minimum absolute atomic E-state index is 0.140. The van der Waals surface area contributed by atoms with Crippen LogP contribution < -0.4 is 4.90 Å². The normalized spacial score (nSPS) is 16.4. The Morgan fingerprint density at radius 2 is 2.05 bits per heavy atom. The topological polar surface area (TPSA) is 49.2 Å². The molecule has 0 spiro atoms. The lowest BCUT2D eigenvalue weighted by molar-refractivity contribution is 0.289. The molecule has 1 N–H and O–H groups in total. The van der Waals surface area contributed by atoms with Crippen LogP contribution in [-0.4, -0.2) is 34.3 Å². The fourth-order valence-electron chi connectivity index (χ4n) is 2.92. The quantitative estimate of drug-likeness (QED) is 0.819. The Bertz CT molecular complexity index is 422. The highest BCUT2D eigenvalue weighted by molar-refractivity contribution is 6.29. The molecule has 0 radical (unpaired) electrons. The third-order valence-corrected chi connectivity index (χ3v) is 4.05. The highest BCUT2D eigenvalue weighted by atomic mass is 35.5. The highest BCUT2D eigenvalue weighted by Gasteiger charge is 2.22. The van der Waals surface area contributed by atoms with Crippen LogP contribution in [0.25, 0.3) is 0 Å². The summed E-state index contributed by atoms with van der Waals surface area (Å²) < 4.78 is 0. The average Bonchev–Trinajstić information content (AvgIpc) is 2.45. The van der Waals surface area contributed by atoms with Crippen LogP contribution in [0.15, 0.2) is 6.07 Å². The number of rotatable bonds is 6. The first-order valence-electron chi connectivity index (χ1n) is 7.65. The maximum absolute atomic E-state index is 9.35. The van der Waals surface area contributed by atoms with Crippen molar-refractivity contribution in [3.05, 3.63) is 17.0 Å². The number of hydrogen-bond acceptors (Lipinski definition) is 4. The van der Waals surface area contributed by atoms with E-state index in [1.807, 2.05) is 6.07 Å². The number of aromatic nitrogens is 2. The molecule has 1 aliphatic carbocycles. The third kappa shape index (κ3) is 4.06. The molecule has 112 valence electrons. The molecule has 1 aromatic heterocycles. The summed E-state index contributed by atoms with van der Waals surface area (Å²) in [4.78, 5) is 11.1. The smallest absolute Gasteiger partial charge is 0.134 e. The monoisotopic (exact) mass is 297 g/mol. The zero-order valence-electron chi connectivity index (χ0n) is 12.2. The molecule has 1 aromatic rings. The maximum atomic E-state index is 9.35. The molecule has 0 aromatic carbocycles. The van der Waals surface area contributed by atoms with Crippen molar-refractivity contribution in [3.63, 3.8) is 0 Å². The Hall–Kier alpha value is -0.870. The number of nitrogens with zero attached hydrogens (tertiary/aromatic N) is 3. The van der Waals surface area contributed by atoms with Gasteiger partial charge in [-0.05, 0) is 19.3 Å². The van der Waals surface area contributed by atoms with Crippen molar-refractivity contribution in [1.82, 2.24) is 9.97 Å². The van der Waals surface area contributed by atoms with Gasteiger partial charge in [-0.25, -0.2) is 9.97 Å². The standard InChI is InChI=1S/C15H24ClN3O/c1-2-6-14-17-13(16)11-15(18-14)19(9-10-20)12-7-4-3-5-8-12/h11-12,20H,2-10H2,1H3. The summed E-state index contributed by atoms with van der Waals surface area (Å²) in [5.74, 6) is 1.67. The molecule has 0 atom stereocenters. The molecule has 2 rings (SSSR count). The summed E-state index contributed by atoms with van der Waals surface area (Å²) >= 11 is 6.13. The van der Waals surface area contributed by atoms with E-state index in [2.05, 4.69) is 21.8 Å². The lowest BCUT2D eigenvalue weighted by atomic mass is 9.94. The van der Waals surface area contributed by atoms with Gasteiger partial charge in [-0.3, -0.25) is 0 Å². The van der Waals surface area contributed by atoms with E-state index in [1.165, 1.54) is 32.1 Å². The number of anilines is 1. The summed E-state index contributed by atoms with van der Waals surface area (Å²) in [7, 11) is 0. The van der Waals surface area contributed by atoms with Crippen LogP contribution in [-0.2, 0) is 6.42 Å². The predicted molar refractivity (Wildman–Crippen MR) is 82.3 cm³/mol. The molecule has 0 aliphatic heterocycles. The van der Waals surface area contributed by atoms with Gasteiger partial charge in [0.15, 0.2) is 0 Å². The minimum atomic E-state index is 0.140. The van der Waals surface area contributed by atoms with Crippen molar-refractivity contribution < 1.29 is 5.11 Å². The predicted octanol–water partition coefficient (Wildman–Crippen LogP) is 3.21. The Morgan fingerprint density at radius 1 is 1.30 bits per heavy atom. The van der Waals surface area contributed by atoms with Gasteiger partial charge in [0.25, 0.3) is 0 Å². The van der Waals surface area contributed by atoms with Gasteiger partial charge in [0.1, 0.15) is 16.8 Å². The summed E-state index contributed by atoms with van der Waals surface area (Å²) in [5.41, 5.74) is 0. The van der Waals surface area contributed by atoms with E-state index >= 15 is 0 Å². The second-order valence-electron chi connectivity index (χ2n) is 5.42. The van der Waals surface area contributed by atoms with Crippen molar-refractivity contribution in [2.24, 2.45) is 0 Å². The van der Waals surface area contributed by atoms with E-state index in [-0.39, 0.29) is 6.61 Å². The van der Waals surface area contributed by atoms with E-state index in [1.54, 1.807) is 0 Å². The minimum Gasteiger partial charge on any atom is -0.395 e. The van der Waals surface area contributed by atoms with Gasteiger partial charge in [0.05, 0.1) is 6.61 Å². The van der Waals surface area contributed by atoms with Crippen LogP contribution in [0.4, 0.5) is 5.82 Å². The summed E-state index contributed by atoms with van der Waals surface area (Å²) in [6.07, 6.45) is 8.01. The van der Waals surface area contributed by atoms with Gasteiger partial charge in [-0.15, -0.1) is 0 Å². The van der Waals surface area contributed by atoms with Crippen molar-refractivity contribution >= 4 is 17.4 Å². The van der Waals surface area contributed by atoms with E-state index in [4.69, 9.17) is 11.6 Å². The molecule has 1 saturated carbocycles. The molecule has 0 bridgehead atoms. The Kier molecular flexibility index (Phi) is 6.05. The molecular weight excluding hydrogens is 274 g/mol. The van der Waals surface area contributed by atoms with Crippen molar-refractivity contribution in [2.45, 2.75) is 57.9 Å². The van der Waals surface area contributed by atoms with Crippen molar-refractivity contribution in [1.29, 1.82) is 0 Å². The maximum Gasteiger partial charge on any atom is 0.134 e. The summed E-state index contributed by atoms with van der Waals surface area (Å²) in [6, 6.07) is 2.29. The zero-order valence-corrected chi connectivity index (χ0v) is 12.9. The molecule has 0 unspecified atom stereocenters. The van der Waals surface area contributed by atoms with Crippen LogP contribution in [0.2, 0.25) is 5.15 Å².